The molecule has 3 aromatic rings. The van der Waals surface area contributed by atoms with Crippen molar-refractivity contribution in [1.29, 1.82) is 0 Å². The summed E-state index contributed by atoms with van der Waals surface area (Å²) in [7, 11) is 0. The fourth-order valence-corrected chi connectivity index (χ4v) is 3.28. The number of nitrogens with one attached hydrogen (secondary N) is 2. The molecule has 0 atom stereocenters. The highest BCUT2D eigenvalue weighted by atomic mass is 32.1. The third-order valence-corrected chi connectivity index (χ3v) is 4.92. The first-order valence-corrected chi connectivity index (χ1v) is 9.51. The van der Waals surface area contributed by atoms with Crippen molar-refractivity contribution in [3.63, 3.8) is 0 Å². The van der Waals surface area contributed by atoms with Gasteiger partial charge < -0.3 is 15.4 Å². The monoisotopic (exact) mass is 421 g/mol. The van der Waals surface area contributed by atoms with E-state index in [4.69, 9.17) is 0 Å². The average Bonchev–Trinajstić information content (AvgIpc) is 3.06. The van der Waals surface area contributed by atoms with Gasteiger partial charge in [0, 0.05) is 16.8 Å². The Morgan fingerprint density at radius 2 is 1.86 bits per heavy atom. The highest BCUT2D eigenvalue weighted by Crippen LogP contribution is 2.26. The topological polar surface area (TPSA) is 63.2 Å². The van der Waals surface area contributed by atoms with Crippen molar-refractivity contribution >= 4 is 33.8 Å². The van der Waals surface area contributed by atoms with Crippen LogP contribution in [0.1, 0.15) is 16.8 Å². The lowest BCUT2D eigenvalue weighted by Crippen LogP contribution is -2.16. The Balaban J connectivity index is 1.58. The first-order chi connectivity index (χ1) is 13.7. The van der Waals surface area contributed by atoms with Crippen molar-refractivity contribution in [2.75, 3.05) is 10.6 Å². The van der Waals surface area contributed by atoms with Gasteiger partial charge in [-0.05, 0) is 55.3 Å². The van der Waals surface area contributed by atoms with Crippen LogP contribution in [-0.4, -0.2) is 17.3 Å². The summed E-state index contributed by atoms with van der Waals surface area (Å²) >= 11 is 1.30. The predicted octanol–water partition coefficient (Wildman–Crippen LogP) is 5.58. The zero-order chi connectivity index (χ0) is 21.0. The average molecular weight is 421 g/mol. The standard InChI is InChI=1S/C20H18F3N3O2S/c1-12-4-3-5-17(13(12)2)26-18(27)10-15-11-29-19(25-15)24-14-6-8-16(9-7-14)28-20(21,22)23/h3-9,11H,10H2,1-2H3,(H,24,25)(H,26,27). The maximum atomic E-state index is 12.3. The number of anilines is 3. The number of ether oxygens (including phenoxy) is 1. The minimum atomic E-state index is -4.73. The fourth-order valence-electron chi connectivity index (χ4n) is 2.55. The summed E-state index contributed by atoms with van der Waals surface area (Å²) in [6.07, 6.45) is -4.61. The SMILES string of the molecule is Cc1cccc(NC(=O)Cc2csc(Nc3ccc(OC(F)(F)F)cc3)n2)c1C. The molecule has 0 radical (unpaired) electrons. The van der Waals surface area contributed by atoms with Crippen molar-refractivity contribution in [3.8, 4) is 5.75 Å². The molecule has 3 rings (SSSR count). The van der Waals surface area contributed by atoms with Gasteiger partial charge in [0.2, 0.25) is 5.91 Å². The van der Waals surface area contributed by atoms with Crippen LogP contribution >= 0.6 is 11.3 Å². The van der Waals surface area contributed by atoms with E-state index in [1.807, 2.05) is 32.0 Å². The van der Waals surface area contributed by atoms with Crippen LogP contribution in [0.5, 0.6) is 5.75 Å². The number of hydrogen-bond acceptors (Lipinski definition) is 5. The van der Waals surface area contributed by atoms with Gasteiger partial charge in [-0.2, -0.15) is 0 Å². The molecular formula is C20H18F3N3O2S. The molecule has 152 valence electrons. The van der Waals surface area contributed by atoms with E-state index in [0.717, 1.165) is 16.8 Å². The number of benzene rings is 2. The summed E-state index contributed by atoms with van der Waals surface area (Å²) in [4.78, 5) is 16.6. The third kappa shape index (κ3) is 5.95. The van der Waals surface area contributed by atoms with Gasteiger partial charge in [-0.1, -0.05) is 12.1 Å². The number of alkyl halides is 3. The molecule has 0 aliphatic heterocycles. The van der Waals surface area contributed by atoms with E-state index in [0.29, 0.717) is 16.5 Å². The number of aryl methyl sites for hydroxylation is 1. The first kappa shape index (κ1) is 20.7. The molecule has 2 N–H and O–H groups in total. The third-order valence-electron chi connectivity index (χ3n) is 4.11. The molecule has 0 saturated carbocycles. The highest BCUT2D eigenvalue weighted by molar-refractivity contribution is 7.13. The van der Waals surface area contributed by atoms with Crippen molar-refractivity contribution in [1.82, 2.24) is 4.98 Å². The second-order valence-electron chi connectivity index (χ2n) is 6.31. The van der Waals surface area contributed by atoms with E-state index in [-0.39, 0.29) is 18.1 Å². The number of amides is 1. The van der Waals surface area contributed by atoms with Crippen LogP contribution in [0.25, 0.3) is 0 Å². The number of carbonyl (C=O) groups is 1. The van der Waals surface area contributed by atoms with E-state index < -0.39 is 6.36 Å². The Hall–Kier alpha value is -3.07. The van der Waals surface area contributed by atoms with Gasteiger partial charge in [0.15, 0.2) is 5.13 Å². The van der Waals surface area contributed by atoms with Gasteiger partial charge in [0.1, 0.15) is 5.75 Å². The molecule has 1 aromatic heterocycles. The van der Waals surface area contributed by atoms with Crippen molar-refractivity contribution in [2.45, 2.75) is 26.6 Å². The molecule has 0 aliphatic rings. The van der Waals surface area contributed by atoms with Crippen molar-refractivity contribution < 1.29 is 22.7 Å². The van der Waals surface area contributed by atoms with Crippen LogP contribution in [0.2, 0.25) is 0 Å². The smallest absolute Gasteiger partial charge is 0.406 e. The summed E-state index contributed by atoms with van der Waals surface area (Å²) in [5.74, 6) is -0.477. The molecule has 1 amide bonds. The normalized spacial score (nSPS) is 11.2. The van der Waals surface area contributed by atoms with Crippen LogP contribution in [0.15, 0.2) is 47.8 Å². The van der Waals surface area contributed by atoms with Gasteiger partial charge in [0.05, 0.1) is 12.1 Å². The number of rotatable bonds is 6. The minimum absolute atomic E-state index is 0.115. The molecule has 0 fully saturated rings. The number of hydrogen-bond donors (Lipinski definition) is 2. The van der Waals surface area contributed by atoms with Crippen LogP contribution < -0.4 is 15.4 Å². The van der Waals surface area contributed by atoms with Crippen molar-refractivity contribution in [3.05, 3.63) is 64.7 Å². The second kappa shape index (κ2) is 8.52. The van der Waals surface area contributed by atoms with E-state index >= 15 is 0 Å². The van der Waals surface area contributed by atoms with Crippen LogP contribution in [-0.2, 0) is 11.2 Å². The van der Waals surface area contributed by atoms with Gasteiger partial charge in [-0.3, -0.25) is 4.79 Å². The molecule has 2 aromatic carbocycles. The lowest BCUT2D eigenvalue weighted by molar-refractivity contribution is -0.274. The largest absolute Gasteiger partial charge is 0.573 e. The molecular weight excluding hydrogens is 403 g/mol. The summed E-state index contributed by atoms with van der Waals surface area (Å²) in [6.45, 7) is 3.92. The summed E-state index contributed by atoms with van der Waals surface area (Å²) in [6, 6.07) is 11.0. The fraction of sp³-hybridized carbons (Fsp3) is 0.200. The molecule has 29 heavy (non-hydrogen) atoms. The maximum absolute atomic E-state index is 12.3. The second-order valence-corrected chi connectivity index (χ2v) is 7.17. The molecule has 1 heterocycles. The zero-order valence-corrected chi connectivity index (χ0v) is 16.4. The summed E-state index contributed by atoms with van der Waals surface area (Å²) in [5.41, 5.74) is 4.02. The molecule has 0 unspecified atom stereocenters. The molecule has 0 saturated heterocycles. The van der Waals surface area contributed by atoms with Crippen molar-refractivity contribution in [2.24, 2.45) is 0 Å². The maximum Gasteiger partial charge on any atom is 0.573 e. The molecule has 5 nitrogen and oxygen atoms in total. The quantitative estimate of drug-likeness (QED) is 0.545. The summed E-state index contributed by atoms with van der Waals surface area (Å²) < 4.78 is 40.4. The Morgan fingerprint density at radius 3 is 2.55 bits per heavy atom. The lowest BCUT2D eigenvalue weighted by atomic mass is 10.1. The number of nitrogens with zero attached hydrogens (tertiary/aromatic N) is 1. The zero-order valence-electron chi connectivity index (χ0n) is 15.6. The van der Waals surface area contributed by atoms with Gasteiger partial charge in [-0.25, -0.2) is 4.98 Å². The first-order valence-electron chi connectivity index (χ1n) is 8.63. The number of aromatic nitrogens is 1. The molecule has 0 aliphatic carbocycles. The number of carbonyl (C=O) groups excluding carboxylic acids is 1. The summed E-state index contributed by atoms with van der Waals surface area (Å²) in [5, 5.41) is 8.16. The van der Waals surface area contributed by atoms with E-state index in [2.05, 4.69) is 20.4 Å². The van der Waals surface area contributed by atoms with Crippen LogP contribution in [0.4, 0.5) is 29.7 Å². The van der Waals surface area contributed by atoms with Crippen LogP contribution in [0.3, 0.4) is 0 Å². The Morgan fingerprint density at radius 1 is 1.14 bits per heavy atom. The number of halogens is 3. The molecule has 9 heteroatoms. The van der Waals surface area contributed by atoms with E-state index in [9.17, 15) is 18.0 Å². The molecule has 0 spiro atoms. The number of thiazole rings is 1. The predicted molar refractivity (Wildman–Crippen MR) is 107 cm³/mol. The van der Waals surface area contributed by atoms with E-state index in [1.54, 1.807) is 5.38 Å². The lowest BCUT2D eigenvalue weighted by Gasteiger charge is -2.10. The molecule has 0 bridgehead atoms. The Labute approximate surface area is 169 Å². The minimum Gasteiger partial charge on any atom is -0.406 e. The van der Waals surface area contributed by atoms with E-state index in [1.165, 1.54) is 35.6 Å². The van der Waals surface area contributed by atoms with Crippen LogP contribution in [0, 0.1) is 13.8 Å². The van der Waals surface area contributed by atoms with Gasteiger partial charge in [0.25, 0.3) is 0 Å². The highest BCUT2D eigenvalue weighted by Gasteiger charge is 2.30. The van der Waals surface area contributed by atoms with Gasteiger partial charge >= 0.3 is 6.36 Å². The van der Waals surface area contributed by atoms with Gasteiger partial charge in [-0.15, -0.1) is 24.5 Å². The Kier molecular flexibility index (Phi) is 6.07. The Bertz CT molecular complexity index is 1000.